The molecule has 38 heavy (non-hydrogen) atoms. The Kier molecular flexibility index (Phi) is 9.84. The fourth-order valence-electron chi connectivity index (χ4n) is 4.77. The fraction of sp³-hybridized carbons (Fsp3) is 0.364. The predicted octanol–water partition coefficient (Wildman–Crippen LogP) is 5.94. The van der Waals surface area contributed by atoms with E-state index in [2.05, 4.69) is 59.2 Å². The van der Waals surface area contributed by atoms with Gasteiger partial charge in [-0.1, -0.05) is 48.4 Å². The normalized spacial score (nSPS) is 13.6. The lowest BCUT2D eigenvalue weighted by atomic mass is 9.96. The van der Waals surface area contributed by atoms with Crippen molar-refractivity contribution in [2.24, 2.45) is 0 Å². The number of hydrogen-bond donors (Lipinski definition) is 0. The Morgan fingerprint density at radius 3 is 2.42 bits per heavy atom. The molecule has 1 aliphatic rings. The van der Waals surface area contributed by atoms with E-state index >= 15 is 0 Å². The number of ether oxygens (including phenoxy) is 3. The highest BCUT2D eigenvalue weighted by Crippen LogP contribution is 2.25. The van der Waals surface area contributed by atoms with Crippen molar-refractivity contribution in [3.8, 4) is 23.3 Å². The number of rotatable bonds is 11. The van der Waals surface area contributed by atoms with Crippen molar-refractivity contribution >= 4 is 5.97 Å². The van der Waals surface area contributed by atoms with Crippen molar-refractivity contribution in [1.29, 1.82) is 0 Å². The second-order valence-corrected chi connectivity index (χ2v) is 9.54. The van der Waals surface area contributed by atoms with Crippen LogP contribution in [0.2, 0.25) is 0 Å². The summed E-state index contributed by atoms with van der Waals surface area (Å²) >= 11 is 0. The summed E-state index contributed by atoms with van der Waals surface area (Å²) < 4.78 is 16.5. The summed E-state index contributed by atoms with van der Waals surface area (Å²) in [6.45, 7) is 7.61. The maximum atomic E-state index is 11.9. The SMILES string of the molecule is CC#CC(CC(=O)OCC)c1ccc(OCc2ccc(CCN3CCc4cc(OC)ccc4C3)cc2)cc1. The molecule has 0 N–H and O–H groups in total. The molecule has 0 radical (unpaired) electrons. The Bertz CT molecular complexity index is 1250. The van der Waals surface area contributed by atoms with E-state index in [4.69, 9.17) is 14.2 Å². The average molecular weight is 512 g/mol. The van der Waals surface area contributed by atoms with Crippen molar-refractivity contribution in [1.82, 2.24) is 4.90 Å². The van der Waals surface area contributed by atoms with Crippen molar-refractivity contribution in [3.05, 3.63) is 94.5 Å². The lowest BCUT2D eigenvalue weighted by Crippen LogP contribution is -2.32. The molecule has 1 unspecified atom stereocenters. The van der Waals surface area contributed by atoms with Crippen LogP contribution in [0.1, 0.15) is 54.0 Å². The molecular weight excluding hydrogens is 474 g/mol. The van der Waals surface area contributed by atoms with E-state index in [-0.39, 0.29) is 18.3 Å². The van der Waals surface area contributed by atoms with Gasteiger partial charge in [0.2, 0.25) is 0 Å². The van der Waals surface area contributed by atoms with Crippen LogP contribution >= 0.6 is 0 Å². The third-order valence-corrected chi connectivity index (χ3v) is 6.93. The van der Waals surface area contributed by atoms with Gasteiger partial charge in [-0.15, -0.1) is 5.92 Å². The van der Waals surface area contributed by atoms with Crippen LogP contribution in [0.3, 0.4) is 0 Å². The Hall–Kier alpha value is -3.75. The summed E-state index contributed by atoms with van der Waals surface area (Å²) in [6.07, 6.45) is 2.35. The van der Waals surface area contributed by atoms with Gasteiger partial charge in [-0.05, 0) is 78.8 Å². The molecule has 198 valence electrons. The summed E-state index contributed by atoms with van der Waals surface area (Å²) in [7, 11) is 1.72. The Balaban J connectivity index is 1.24. The molecule has 0 fully saturated rings. The number of esters is 1. The summed E-state index contributed by atoms with van der Waals surface area (Å²) in [5.74, 6) is 7.36. The van der Waals surface area contributed by atoms with Gasteiger partial charge in [-0.3, -0.25) is 9.69 Å². The molecular formula is C33H37NO4. The number of benzene rings is 3. The lowest BCUT2D eigenvalue weighted by molar-refractivity contribution is -0.143. The summed E-state index contributed by atoms with van der Waals surface area (Å²) in [4.78, 5) is 14.4. The van der Waals surface area contributed by atoms with E-state index in [1.807, 2.05) is 31.2 Å². The van der Waals surface area contributed by atoms with E-state index in [1.54, 1.807) is 14.0 Å². The molecule has 0 amide bonds. The number of nitrogens with zero attached hydrogens (tertiary/aromatic N) is 1. The van der Waals surface area contributed by atoms with Crippen LogP contribution in [-0.2, 0) is 35.5 Å². The van der Waals surface area contributed by atoms with Crippen LogP contribution in [0.25, 0.3) is 0 Å². The van der Waals surface area contributed by atoms with Gasteiger partial charge in [0, 0.05) is 19.6 Å². The summed E-state index contributed by atoms with van der Waals surface area (Å²) in [6, 6.07) is 22.9. The Labute approximate surface area is 226 Å². The Morgan fingerprint density at radius 1 is 0.974 bits per heavy atom. The van der Waals surface area contributed by atoms with Gasteiger partial charge in [0.05, 0.1) is 26.1 Å². The molecule has 1 aliphatic heterocycles. The molecule has 1 atom stereocenters. The highest BCUT2D eigenvalue weighted by molar-refractivity contribution is 5.71. The molecule has 3 aromatic carbocycles. The van der Waals surface area contributed by atoms with Crippen LogP contribution in [0.15, 0.2) is 66.7 Å². The highest BCUT2D eigenvalue weighted by Gasteiger charge is 2.17. The highest BCUT2D eigenvalue weighted by atomic mass is 16.5. The second kappa shape index (κ2) is 13.7. The van der Waals surface area contributed by atoms with Crippen LogP contribution in [0.4, 0.5) is 0 Å². The first-order chi connectivity index (χ1) is 18.6. The number of hydrogen-bond acceptors (Lipinski definition) is 5. The topological polar surface area (TPSA) is 48.0 Å². The molecule has 5 nitrogen and oxygen atoms in total. The molecule has 0 saturated heterocycles. The molecule has 0 spiro atoms. The molecule has 5 heteroatoms. The average Bonchev–Trinajstić information content (AvgIpc) is 2.95. The second-order valence-electron chi connectivity index (χ2n) is 9.54. The van der Waals surface area contributed by atoms with Crippen molar-refractivity contribution < 1.29 is 19.0 Å². The lowest BCUT2D eigenvalue weighted by Gasteiger charge is -2.29. The zero-order chi connectivity index (χ0) is 26.7. The first-order valence-corrected chi connectivity index (χ1v) is 13.3. The summed E-state index contributed by atoms with van der Waals surface area (Å²) in [5, 5.41) is 0. The van der Waals surface area contributed by atoms with Crippen LogP contribution in [0, 0.1) is 11.8 Å². The maximum Gasteiger partial charge on any atom is 0.307 e. The van der Waals surface area contributed by atoms with Crippen LogP contribution < -0.4 is 9.47 Å². The quantitative estimate of drug-likeness (QED) is 0.236. The monoisotopic (exact) mass is 511 g/mol. The van der Waals surface area contributed by atoms with Gasteiger partial charge in [-0.25, -0.2) is 0 Å². The molecule has 0 saturated carbocycles. The molecule has 1 heterocycles. The predicted molar refractivity (Wildman–Crippen MR) is 150 cm³/mol. The maximum absolute atomic E-state index is 11.9. The van der Waals surface area contributed by atoms with Gasteiger partial charge in [-0.2, -0.15) is 0 Å². The third-order valence-electron chi connectivity index (χ3n) is 6.93. The molecule has 3 aromatic rings. The number of methoxy groups -OCH3 is 1. The van der Waals surface area contributed by atoms with Crippen molar-refractivity contribution in [2.45, 2.75) is 52.2 Å². The van der Waals surface area contributed by atoms with Gasteiger partial charge < -0.3 is 14.2 Å². The molecule has 0 bridgehead atoms. The standard InChI is InChI=1S/C33H37NO4/c1-4-6-28(22-33(35)37-5-2)27-11-14-31(15-12-27)38-24-26-9-7-25(8-10-26)17-19-34-20-18-29-21-32(36-3)16-13-30(29)23-34/h7-16,21,28H,5,17-20,22-24H2,1-3H3. The van der Waals surface area contributed by atoms with Crippen LogP contribution in [-0.4, -0.2) is 37.7 Å². The summed E-state index contributed by atoms with van der Waals surface area (Å²) in [5.41, 5.74) is 6.27. The van der Waals surface area contributed by atoms with E-state index in [0.29, 0.717) is 13.2 Å². The minimum atomic E-state index is -0.230. The van der Waals surface area contributed by atoms with Crippen LogP contribution in [0.5, 0.6) is 11.5 Å². The van der Waals surface area contributed by atoms with E-state index in [9.17, 15) is 4.79 Å². The van der Waals surface area contributed by atoms with E-state index in [1.165, 1.54) is 16.7 Å². The zero-order valence-electron chi connectivity index (χ0n) is 22.7. The first kappa shape index (κ1) is 27.3. The minimum absolute atomic E-state index is 0.177. The van der Waals surface area contributed by atoms with E-state index < -0.39 is 0 Å². The number of fused-ring (bicyclic) bond motifs is 1. The van der Waals surface area contributed by atoms with Crippen molar-refractivity contribution in [2.75, 3.05) is 26.8 Å². The number of carbonyl (C=O) groups excluding carboxylic acids is 1. The Morgan fingerprint density at radius 2 is 1.71 bits per heavy atom. The third kappa shape index (κ3) is 7.63. The molecule has 4 rings (SSSR count). The first-order valence-electron chi connectivity index (χ1n) is 13.3. The number of carbonyl (C=O) groups is 1. The zero-order valence-corrected chi connectivity index (χ0v) is 22.7. The smallest absolute Gasteiger partial charge is 0.307 e. The van der Waals surface area contributed by atoms with Crippen molar-refractivity contribution in [3.63, 3.8) is 0 Å². The van der Waals surface area contributed by atoms with Gasteiger partial charge in [0.25, 0.3) is 0 Å². The van der Waals surface area contributed by atoms with Gasteiger partial charge >= 0.3 is 5.97 Å². The largest absolute Gasteiger partial charge is 0.497 e. The fourth-order valence-corrected chi connectivity index (χ4v) is 4.77. The van der Waals surface area contributed by atoms with Gasteiger partial charge in [0.1, 0.15) is 18.1 Å². The minimum Gasteiger partial charge on any atom is -0.497 e. The molecule has 0 aromatic heterocycles. The van der Waals surface area contributed by atoms with Gasteiger partial charge in [0.15, 0.2) is 0 Å². The van der Waals surface area contributed by atoms with E-state index in [0.717, 1.165) is 55.1 Å². The molecule has 0 aliphatic carbocycles.